The van der Waals surface area contributed by atoms with E-state index in [1.54, 1.807) is 13.0 Å². The molecule has 1 atom stereocenters. The van der Waals surface area contributed by atoms with Crippen molar-refractivity contribution in [3.63, 3.8) is 0 Å². The van der Waals surface area contributed by atoms with Gasteiger partial charge in [-0.15, -0.1) is 0 Å². The molecule has 1 saturated heterocycles. The summed E-state index contributed by atoms with van der Waals surface area (Å²) in [6.45, 7) is 10.2. The van der Waals surface area contributed by atoms with Crippen LogP contribution in [-0.4, -0.2) is 78.4 Å². The predicted molar refractivity (Wildman–Crippen MR) is 116 cm³/mol. The number of carbonyl (C=O) groups excluding carboxylic acids is 1. The van der Waals surface area contributed by atoms with Crippen molar-refractivity contribution in [3.8, 4) is 0 Å². The summed E-state index contributed by atoms with van der Waals surface area (Å²) in [5.74, 6) is 0.242. The van der Waals surface area contributed by atoms with E-state index in [-0.39, 0.29) is 30.0 Å². The molecule has 1 unspecified atom stereocenters. The minimum atomic E-state index is -3.70. The van der Waals surface area contributed by atoms with Gasteiger partial charge in [0.1, 0.15) is 0 Å². The first-order valence-electron chi connectivity index (χ1n) is 10.4. The minimum absolute atomic E-state index is 0.0706. The van der Waals surface area contributed by atoms with E-state index < -0.39 is 10.0 Å². The molecule has 30 heavy (non-hydrogen) atoms. The van der Waals surface area contributed by atoms with Crippen molar-refractivity contribution in [1.29, 1.82) is 0 Å². The number of rotatable bonds is 11. The summed E-state index contributed by atoms with van der Waals surface area (Å²) < 4.78 is 37.7. The molecular formula is C21H35N3O5S. The lowest BCUT2D eigenvalue weighted by atomic mass is 10.0. The average Bonchev–Trinajstić information content (AvgIpc) is 2.71. The maximum atomic E-state index is 12.9. The Hall–Kier alpha value is -1.52. The van der Waals surface area contributed by atoms with Crippen LogP contribution < -0.4 is 10.0 Å². The normalized spacial score (nSPS) is 16.6. The molecule has 1 aromatic carbocycles. The molecule has 2 rings (SSSR count). The van der Waals surface area contributed by atoms with Gasteiger partial charge in [0.05, 0.1) is 24.7 Å². The lowest BCUT2D eigenvalue weighted by Gasteiger charge is -2.35. The Kier molecular flexibility index (Phi) is 9.70. The van der Waals surface area contributed by atoms with Crippen LogP contribution in [0.4, 0.5) is 0 Å². The molecule has 1 aliphatic rings. The molecule has 0 saturated carbocycles. The number of hydrogen-bond donors (Lipinski definition) is 2. The third kappa shape index (κ3) is 7.31. The van der Waals surface area contributed by atoms with E-state index in [4.69, 9.17) is 9.47 Å². The van der Waals surface area contributed by atoms with Crippen molar-refractivity contribution < 1.29 is 22.7 Å². The van der Waals surface area contributed by atoms with Crippen molar-refractivity contribution in [1.82, 2.24) is 14.9 Å². The van der Waals surface area contributed by atoms with Gasteiger partial charge in [-0.1, -0.05) is 19.9 Å². The molecule has 1 aliphatic heterocycles. The van der Waals surface area contributed by atoms with Gasteiger partial charge in [0.15, 0.2) is 0 Å². The number of carbonyl (C=O) groups is 1. The predicted octanol–water partition coefficient (Wildman–Crippen LogP) is 1.40. The fraction of sp³-hybridized carbons (Fsp3) is 0.667. The van der Waals surface area contributed by atoms with Crippen LogP contribution in [-0.2, 0) is 19.5 Å². The van der Waals surface area contributed by atoms with Crippen molar-refractivity contribution in [3.05, 3.63) is 29.3 Å². The second kappa shape index (κ2) is 11.8. The molecule has 1 heterocycles. The van der Waals surface area contributed by atoms with Crippen molar-refractivity contribution in [2.45, 2.75) is 38.1 Å². The van der Waals surface area contributed by atoms with Crippen LogP contribution in [0.5, 0.6) is 0 Å². The van der Waals surface area contributed by atoms with Gasteiger partial charge in [0.25, 0.3) is 5.91 Å². The van der Waals surface area contributed by atoms with E-state index in [0.29, 0.717) is 31.2 Å². The number of methoxy groups -OCH3 is 1. The largest absolute Gasteiger partial charge is 0.383 e. The van der Waals surface area contributed by atoms with Gasteiger partial charge in [-0.3, -0.25) is 9.69 Å². The molecule has 0 spiro atoms. The topological polar surface area (TPSA) is 97.0 Å². The summed E-state index contributed by atoms with van der Waals surface area (Å²) in [4.78, 5) is 15.3. The molecule has 0 aromatic heterocycles. The number of aryl methyl sites for hydroxylation is 1. The van der Waals surface area contributed by atoms with E-state index in [2.05, 4.69) is 28.8 Å². The maximum Gasteiger partial charge on any atom is 0.251 e. The molecular weight excluding hydrogens is 406 g/mol. The smallest absolute Gasteiger partial charge is 0.251 e. The number of benzene rings is 1. The maximum absolute atomic E-state index is 12.9. The SMILES string of the molecule is COCCNS(=O)(=O)c1ccc(C)c(C(=O)NCC(CC(C)C)N2CCOCC2)c1. The summed E-state index contributed by atoms with van der Waals surface area (Å²) in [6, 6.07) is 4.83. The van der Waals surface area contributed by atoms with Crippen LogP contribution in [0, 0.1) is 12.8 Å². The van der Waals surface area contributed by atoms with Crippen molar-refractivity contribution in [2.75, 3.05) is 53.1 Å². The summed E-state index contributed by atoms with van der Waals surface area (Å²) in [5, 5.41) is 3.02. The molecule has 0 bridgehead atoms. The average molecular weight is 442 g/mol. The molecule has 1 fully saturated rings. The first kappa shape index (κ1) is 24.7. The number of ether oxygens (including phenoxy) is 2. The number of sulfonamides is 1. The van der Waals surface area contributed by atoms with Crippen LogP contribution in [0.1, 0.15) is 36.2 Å². The standard InChI is InChI=1S/C21H35N3O5S/c1-16(2)13-18(24-8-11-29-12-9-24)15-22-21(25)20-14-19(6-5-17(20)3)30(26,27)23-7-10-28-4/h5-6,14,16,18,23H,7-13,15H2,1-4H3,(H,22,25). The highest BCUT2D eigenvalue weighted by Crippen LogP contribution is 2.17. The Morgan fingerprint density at radius 3 is 2.60 bits per heavy atom. The lowest BCUT2D eigenvalue weighted by Crippen LogP contribution is -2.49. The molecule has 0 aliphatic carbocycles. The highest BCUT2D eigenvalue weighted by atomic mass is 32.2. The first-order chi connectivity index (χ1) is 14.2. The van der Waals surface area contributed by atoms with Crippen LogP contribution >= 0.6 is 0 Å². The number of hydrogen-bond acceptors (Lipinski definition) is 6. The quantitative estimate of drug-likeness (QED) is 0.504. The Balaban J connectivity index is 2.09. The second-order valence-corrected chi connectivity index (χ2v) is 9.78. The molecule has 1 aromatic rings. The summed E-state index contributed by atoms with van der Waals surface area (Å²) in [6.07, 6.45) is 0.969. The van der Waals surface area contributed by atoms with E-state index in [9.17, 15) is 13.2 Å². The number of nitrogens with zero attached hydrogens (tertiary/aromatic N) is 1. The Morgan fingerprint density at radius 1 is 1.27 bits per heavy atom. The molecule has 170 valence electrons. The monoisotopic (exact) mass is 441 g/mol. The number of amides is 1. The third-order valence-electron chi connectivity index (χ3n) is 5.17. The Morgan fingerprint density at radius 2 is 1.97 bits per heavy atom. The zero-order valence-electron chi connectivity index (χ0n) is 18.4. The van der Waals surface area contributed by atoms with E-state index in [1.165, 1.54) is 19.2 Å². The molecule has 8 nitrogen and oxygen atoms in total. The van der Waals surface area contributed by atoms with Gasteiger partial charge < -0.3 is 14.8 Å². The minimum Gasteiger partial charge on any atom is -0.383 e. The molecule has 1 amide bonds. The van der Waals surface area contributed by atoms with Gasteiger partial charge >= 0.3 is 0 Å². The molecule has 9 heteroatoms. The lowest BCUT2D eigenvalue weighted by molar-refractivity contribution is 0.0124. The van der Waals surface area contributed by atoms with Crippen molar-refractivity contribution in [2.24, 2.45) is 5.92 Å². The first-order valence-corrected chi connectivity index (χ1v) is 11.9. The zero-order chi connectivity index (χ0) is 22.1. The third-order valence-corrected chi connectivity index (χ3v) is 6.62. The fourth-order valence-corrected chi connectivity index (χ4v) is 4.57. The highest BCUT2D eigenvalue weighted by molar-refractivity contribution is 7.89. The fourth-order valence-electron chi connectivity index (χ4n) is 3.53. The van der Waals surface area contributed by atoms with Gasteiger partial charge in [0, 0.05) is 44.9 Å². The van der Waals surface area contributed by atoms with Gasteiger partial charge in [-0.05, 0) is 37.0 Å². The summed E-state index contributed by atoms with van der Waals surface area (Å²) >= 11 is 0. The summed E-state index contributed by atoms with van der Waals surface area (Å²) in [5.41, 5.74) is 1.10. The van der Waals surface area contributed by atoms with E-state index in [0.717, 1.165) is 25.1 Å². The van der Waals surface area contributed by atoms with Gasteiger partial charge in [-0.2, -0.15) is 0 Å². The van der Waals surface area contributed by atoms with Crippen LogP contribution in [0.2, 0.25) is 0 Å². The summed E-state index contributed by atoms with van der Waals surface area (Å²) in [7, 11) is -2.20. The Labute approximate surface area is 180 Å². The zero-order valence-corrected chi connectivity index (χ0v) is 19.3. The van der Waals surface area contributed by atoms with Gasteiger partial charge in [0.2, 0.25) is 10.0 Å². The van der Waals surface area contributed by atoms with E-state index in [1.807, 2.05) is 0 Å². The van der Waals surface area contributed by atoms with Crippen molar-refractivity contribution >= 4 is 15.9 Å². The van der Waals surface area contributed by atoms with Crippen LogP contribution in [0.3, 0.4) is 0 Å². The number of morpholine rings is 1. The number of nitrogens with one attached hydrogen (secondary N) is 2. The second-order valence-electron chi connectivity index (χ2n) is 8.01. The highest BCUT2D eigenvalue weighted by Gasteiger charge is 2.23. The Bertz CT molecular complexity index is 792. The van der Waals surface area contributed by atoms with Crippen LogP contribution in [0.15, 0.2) is 23.1 Å². The van der Waals surface area contributed by atoms with Crippen LogP contribution in [0.25, 0.3) is 0 Å². The van der Waals surface area contributed by atoms with E-state index >= 15 is 0 Å². The molecule has 0 radical (unpaired) electrons. The van der Waals surface area contributed by atoms with Gasteiger partial charge in [-0.25, -0.2) is 13.1 Å². The molecule has 2 N–H and O–H groups in total.